The average Bonchev–Trinajstić information content (AvgIpc) is 2.57. The highest BCUT2D eigenvalue weighted by Gasteiger charge is 2.35. The average molecular weight is 378 g/mol. The van der Waals surface area contributed by atoms with E-state index in [1.54, 1.807) is 0 Å². The molecule has 0 heterocycles. The molecule has 26 heavy (non-hydrogen) atoms. The van der Waals surface area contributed by atoms with E-state index in [4.69, 9.17) is 0 Å². The fourth-order valence-corrected chi connectivity index (χ4v) is 3.27. The second kappa shape index (κ2) is 9.35. The van der Waals surface area contributed by atoms with Crippen molar-refractivity contribution >= 4 is 0 Å². The van der Waals surface area contributed by atoms with Crippen LogP contribution in [0.15, 0.2) is 30.4 Å². The molecular formula is C19H23F5O2. The van der Waals surface area contributed by atoms with Gasteiger partial charge in [0.15, 0.2) is 11.6 Å². The number of hydrogen-bond acceptors (Lipinski definition) is 2. The summed E-state index contributed by atoms with van der Waals surface area (Å²) < 4.78 is 74.5. The molecule has 1 aliphatic rings. The molecule has 0 unspecified atom stereocenters. The summed E-state index contributed by atoms with van der Waals surface area (Å²) in [5.74, 6) is -1.32. The van der Waals surface area contributed by atoms with Crippen molar-refractivity contribution < 1.29 is 31.4 Å². The maximum atomic E-state index is 14.0. The number of benzene rings is 1. The topological polar surface area (TPSA) is 18.5 Å². The van der Waals surface area contributed by atoms with Gasteiger partial charge in [0, 0.05) is 6.42 Å². The van der Waals surface area contributed by atoms with Gasteiger partial charge in [0.2, 0.25) is 0 Å². The largest absolute Gasteiger partial charge is 0.432 e. The molecule has 0 bridgehead atoms. The van der Waals surface area contributed by atoms with Gasteiger partial charge >= 0.3 is 12.7 Å². The minimum absolute atomic E-state index is 0.106. The van der Waals surface area contributed by atoms with Crippen LogP contribution >= 0.6 is 0 Å². The summed E-state index contributed by atoms with van der Waals surface area (Å²) in [6, 6.07) is 3.05. The van der Waals surface area contributed by atoms with E-state index in [9.17, 15) is 22.0 Å². The van der Waals surface area contributed by atoms with Gasteiger partial charge in [0.05, 0.1) is 6.61 Å². The van der Waals surface area contributed by atoms with Crippen molar-refractivity contribution in [3.8, 4) is 5.75 Å². The van der Waals surface area contributed by atoms with E-state index in [0.29, 0.717) is 5.92 Å². The van der Waals surface area contributed by atoms with Crippen LogP contribution in [0.4, 0.5) is 22.0 Å². The van der Waals surface area contributed by atoms with Crippen molar-refractivity contribution in [1.29, 1.82) is 0 Å². The van der Waals surface area contributed by atoms with E-state index in [1.807, 2.05) is 13.0 Å². The van der Waals surface area contributed by atoms with E-state index in [0.717, 1.165) is 37.8 Å². The predicted molar refractivity (Wildman–Crippen MR) is 87.6 cm³/mol. The third kappa shape index (κ3) is 6.59. The molecule has 0 aliphatic heterocycles. The first-order valence-corrected chi connectivity index (χ1v) is 8.67. The Bertz CT molecular complexity index is 596. The number of rotatable bonds is 8. The summed E-state index contributed by atoms with van der Waals surface area (Å²) in [6.07, 6.45) is 3.64. The third-order valence-electron chi connectivity index (χ3n) is 4.54. The Balaban J connectivity index is 1.83. The van der Waals surface area contributed by atoms with Crippen LogP contribution in [0.1, 0.15) is 44.6 Å². The zero-order valence-electron chi connectivity index (χ0n) is 14.6. The van der Waals surface area contributed by atoms with Crippen LogP contribution in [0.2, 0.25) is 0 Å². The lowest BCUT2D eigenvalue weighted by molar-refractivity contribution is -0.256. The van der Waals surface area contributed by atoms with E-state index in [2.05, 4.69) is 15.5 Å². The molecule has 0 spiro atoms. The monoisotopic (exact) mass is 378 g/mol. The van der Waals surface area contributed by atoms with Crippen LogP contribution in [0.25, 0.3) is 0 Å². The molecule has 0 atom stereocenters. The van der Waals surface area contributed by atoms with Crippen molar-refractivity contribution in [3.05, 3.63) is 41.7 Å². The molecule has 0 aromatic heterocycles. The molecule has 146 valence electrons. The Morgan fingerprint density at radius 1 is 1.19 bits per heavy atom. The lowest BCUT2D eigenvalue weighted by Gasteiger charge is -2.29. The fourth-order valence-electron chi connectivity index (χ4n) is 3.27. The minimum Gasteiger partial charge on any atom is -0.432 e. The van der Waals surface area contributed by atoms with Crippen LogP contribution in [0.3, 0.4) is 0 Å². The molecule has 1 aliphatic carbocycles. The molecule has 1 aromatic rings. The summed E-state index contributed by atoms with van der Waals surface area (Å²) in [7, 11) is 0. The van der Waals surface area contributed by atoms with E-state index >= 15 is 0 Å². The number of halogens is 5. The molecule has 7 heteroatoms. The number of alkyl halides is 4. The van der Waals surface area contributed by atoms with Gasteiger partial charge in [0.25, 0.3) is 0 Å². The predicted octanol–water partition coefficient (Wildman–Crippen LogP) is 6.31. The summed E-state index contributed by atoms with van der Waals surface area (Å²) in [4.78, 5) is 0. The highest BCUT2D eigenvalue weighted by atomic mass is 19.3. The number of hydrogen-bond donors (Lipinski definition) is 0. The van der Waals surface area contributed by atoms with Gasteiger partial charge < -0.3 is 9.47 Å². The first kappa shape index (κ1) is 20.7. The van der Waals surface area contributed by atoms with Crippen molar-refractivity contribution in [2.24, 2.45) is 11.8 Å². The first-order chi connectivity index (χ1) is 12.3. The molecule has 0 amide bonds. The van der Waals surface area contributed by atoms with Crippen LogP contribution in [-0.4, -0.2) is 12.7 Å². The van der Waals surface area contributed by atoms with Gasteiger partial charge in [0.1, 0.15) is 0 Å². The van der Waals surface area contributed by atoms with Crippen LogP contribution in [0, 0.1) is 17.7 Å². The van der Waals surface area contributed by atoms with E-state index in [1.165, 1.54) is 6.07 Å². The lowest BCUT2D eigenvalue weighted by atomic mass is 9.80. The maximum Gasteiger partial charge on any atom is 0.387 e. The normalized spacial score (nSPS) is 21.5. The molecule has 0 N–H and O–H groups in total. The summed E-state index contributed by atoms with van der Waals surface area (Å²) in [5.41, 5.74) is 0.126. The second-order valence-electron chi connectivity index (χ2n) is 6.58. The second-order valence-corrected chi connectivity index (χ2v) is 6.58. The first-order valence-electron chi connectivity index (χ1n) is 8.67. The summed E-state index contributed by atoms with van der Waals surface area (Å²) in [6.45, 7) is -1.71. The van der Waals surface area contributed by atoms with Crippen LogP contribution < -0.4 is 4.74 Å². The molecule has 1 fully saturated rings. The van der Waals surface area contributed by atoms with E-state index < -0.39 is 30.9 Å². The Morgan fingerprint density at radius 3 is 2.46 bits per heavy atom. The molecular weight excluding hydrogens is 355 g/mol. The van der Waals surface area contributed by atoms with Crippen molar-refractivity contribution in [1.82, 2.24) is 0 Å². The minimum atomic E-state index is -3.31. The van der Waals surface area contributed by atoms with Gasteiger partial charge in [-0.25, -0.2) is 4.39 Å². The molecule has 2 rings (SSSR count). The zero-order valence-corrected chi connectivity index (χ0v) is 14.6. The third-order valence-corrected chi connectivity index (χ3v) is 4.54. The zero-order chi connectivity index (χ0) is 19.2. The van der Waals surface area contributed by atoms with Gasteiger partial charge in [-0.15, -0.1) is 0 Å². The van der Waals surface area contributed by atoms with Gasteiger partial charge in [-0.1, -0.05) is 18.2 Å². The Kier molecular flexibility index (Phi) is 7.43. The van der Waals surface area contributed by atoms with Gasteiger partial charge in [-0.2, -0.15) is 17.6 Å². The van der Waals surface area contributed by atoms with Gasteiger partial charge in [-0.3, -0.25) is 0 Å². The standard InChI is InChI=1S/C19H23F5O2/c1-2-3-13-4-6-14(7-5-13)11-19(23,24)25-12-15-8-9-17(16(20)10-15)26-18(21)22/h2-3,8-10,13-14,18H,4-7,11-12H2,1H3/b3-2+. The number of allylic oxidation sites excluding steroid dienone is 2. The molecule has 0 radical (unpaired) electrons. The highest BCUT2D eigenvalue weighted by Crippen LogP contribution is 2.37. The Hall–Kier alpha value is -1.63. The SMILES string of the molecule is C/C=C/C1CCC(CC(F)(F)OCc2ccc(OC(F)F)c(F)c2)CC1. The lowest BCUT2D eigenvalue weighted by Crippen LogP contribution is -2.27. The van der Waals surface area contributed by atoms with Crippen molar-refractivity contribution in [2.45, 2.75) is 58.4 Å². The molecule has 2 nitrogen and oxygen atoms in total. The van der Waals surface area contributed by atoms with E-state index in [-0.39, 0.29) is 17.9 Å². The molecule has 1 aromatic carbocycles. The maximum absolute atomic E-state index is 14.0. The van der Waals surface area contributed by atoms with Gasteiger partial charge in [-0.05, 0) is 62.1 Å². The summed E-state index contributed by atoms with van der Waals surface area (Å²) in [5, 5.41) is 0. The highest BCUT2D eigenvalue weighted by molar-refractivity contribution is 5.29. The van der Waals surface area contributed by atoms with Crippen molar-refractivity contribution in [3.63, 3.8) is 0 Å². The van der Waals surface area contributed by atoms with Crippen LogP contribution in [0.5, 0.6) is 5.75 Å². The fraction of sp³-hybridized carbons (Fsp3) is 0.579. The molecule has 1 saturated carbocycles. The Labute approximate surface area is 150 Å². The number of ether oxygens (including phenoxy) is 2. The van der Waals surface area contributed by atoms with Crippen LogP contribution in [-0.2, 0) is 11.3 Å². The quantitative estimate of drug-likeness (QED) is 0.390. The Morgan fingerprint density at radius 2 is 1.88 bits per heavy atom. The molecule has 0 saturated heterocycles. The smallest absolute Gasteiger partial charge is 0.387 e. The van der Waals surface area contributed by atoms with Crippen molar-refractivity contribution in [2.75, 3.05) is 0 Å². The summed E-state index contributed by atoms with van der Waals surface area (Å²) >= 11 is 0.